The molecule has 184 valence electrons. The molecule has 0 radical (unpaired) electrons. The Labute approximate surface area is 195 Å². The average molecular weight is 493 g/mol. The van der Waals surface area contributed by atoms with E-state index < -0.39 is 24.7 Å². The van der Waals surface area contributed by atoms with E-state index in [9.17, 15) is 26.7 Å². The van der Waals surface area contributed by atoms with Crippen molar-refractivity contribution < 1.29 is 26.7 Å². The van der Waals surface area contributed by atoms with Gasteiger partial charge in [-0.2, -0.15) is 18.3 Å². The second kappa shape index (κ2) is 7.56. The van der Waals surface area contributed by atoms with Crippen molar-refractivity contribution in [1.82, 2.24) is 24.7 Å². The summed E-state index contributed by atoms with van der Waals surface area (Å²) in [5.41, 5.74) is -0.442. The number of pyridine rings is 1. The maximum absolute atomic E-state index is 13.1. The Balaban J connectivity index is 1.22. The molecule has 4 aliphatic rings. The van der Waals surface area contributed by atoms with Crippen LogP contribution in [0, 0.1) is 17.3 Å². The summed E-state index contributed by atoms with van der Waals surface area (Å²) >= 11 is 0. The highest BCUT2D eigenvalue weighted by atomic mass is 19.4. The molecule has 6 heterocycles. The molecule has 0 N–H and O–H groups in total. The summed E-state index contributed by atoms with van der Waals surface area (Å²) in [7, 11) is 0. The van der Waals surface area contributed by atoms with E-state index in [4.69, 9.17) is 0 Å². The number of aromatic nitrogens is 5. The minimum atomic E-state index is -4.52. The van der Waals surface area contributed by atoms with E-state index in [0.717, 1.165) is 29.4 Å². The summed E-state index contributed by atoms with van der Waals surface area (Å²) in [6.45, 7) is 0.945. The van der Waals surface area contributed by atoms with Crippen LogP contribution in [-0.4, -0.2) is 56.7 Å². The molecule has 2 unspecified atom stereocenters. The van der Waals surface area contributed by atoms with Gasteiger partial charge >= 0.3 is 6.18 Å². The quantitative estimate of drug-likeness (QED) is 0.519. The zero-order chi connectivity index (χ0) is 24.5. The Morgan fingerprint density at radius 1 is 1.11 bits per heavy atom. The minimum Gasteiger partial charge on any atom is -0.355 e. The molecule has 1 amide bonds. The summed E-state index contributed by atoms with van der Waals surface area (Å²) < 4.78 is 66.3. The Bertz CT molecular complexity index is 1300. The SMILES string of the molecule is O=C1CC2(CN1c1cc(C(F)(F)F)ccn1)C1CC2CN(c2cnc3cnn(CC(F)F)c3n2)C1. The van der Waals surface area contributed by atoms with Gasteiger partial charge in [0.1, 0.15) is 23.7 Å². The van der Waals surface area contributed by atoms with Crippen LogP contribution in [0.15, 0.2) is 30.7 Å². The third-order valence-corrected chi connectivity index (χ3v) is 7.63. The smallest absolute Gasteiger partial charge is 0.355 e. The van der Waals surface area contributed by atoms with E-state index in [1.165, 1.54) is 11.1 Å². The molecule has 3 aliphatic heterocycles. The lowest BCUT2D eigenvalue weighted by atomic mass is 9.50. The van der Waals surface area contributed by atoms with Crippen LogP contribution in [0.1, 0.15) is 18.4 Å². The Kier molecular flexibility index (Phi) is 4.77. The molecule has 2 atom stereocenters. The molecule has 3 saturated heterocycles. The van der Waals surface area contributed by atoms with E-state index >= 15 is 0 Å². The molecule has 35 heavy (non-hydrogen) atoms. The van der Waals surface area contributed by atoms with Crippen LogP contribution in [0.3, 0.4) is 0 Å². The van der Waals surface area contributed by atoms with Gasteiger partial charge in [-0.15, -0.1) is 0 Å². The van der Waals surface area contributed by atoms with Crippen LogP contribution in [0.4, 0.5) is 33.6 Å². The number of fused-ring (bicyclic) bond motifs is 3. The number of amides is 1. The molecule has 2 bridgehead atoms. The number of piperidine rings is 2. The monoisotopic (exact) mass is 493 g/mol. The number of carbonyl (C=O) groups excluding carboxylic acids is 1. The van der Waals surface area contributed by atoms with Crippen LogP contribution in [0.25, 0.3) is 11.2 Å². The molecule has 3 aromatic heterocycles. The van der Waals surface area contributed by atoms with Crippen molar-refractivity contribution in [2.45, 2.75) is 32.0 Å². The second-order valence-electron chi connectivity index (χ2n) is 9.48. The number of halogens is 5. The Hall–Kier alpha value is -3.38. The molecule has 13 heteroatoms. The minimum absolute atomic E-state index is 0.0205. The van der Waals surface area contributed by atoms with E-state index in [1.54, 1.807) is 6.20 Å². The normalized spacial score (nSPS) is 26.3. The maximum Gasteiger partial charge on any atom is 0.416 e. The molecule has 7 rings (SSSR count). The third-order valence-electron chi connectivity index (χ3n) is 7.63. The molecule has 0 aromatic carbocycles. The summed E-state index contributed by atoms with van der Waals surface area (Å²) in [6.07, 6.45) is -1.84. The standard InChI is InChI=1S/C22H20F5N7O/c23-16(24)10-34-20-15(6-30-34)29-7-18(31-20)32-8-13-3-14(9-32)21(13)5-19(35)33(11-21)17-4-12(1-2-28-17)22(25,26)27/h1-2,4,6-7,13-14,16H,3,5,8-11H2. The van der Waals surface area contributed by atoms with Crippen LogP contribution < -0.4 is 9.80 Å². The first-order valence-corrected chi connectivity index (χ1v) is 11.2. The number of anilines is 2. The number of alkyl halides is 5. The van der Waals surface area contributed by atoms with E-state index in [-0.39, 0.29) is 41.0 Å². The summed E-state index contributed by atoms with van der Waals surface area (Å²) in [6, 6.07) is 1.81. The largest absolute Gasteiger partial charge is 0.416 e. The highest BCUT2D eigenvalue weighted by molar-refractivity contribution is 5.96. The lowest BCUT2D eigenvalue weighted by molar-refractivity contribution is -0.137. The zero-order valence-electron chi connectivity index (χ0n) is 18.3. The van der Waals surface area contributed by atoms with Gasteiger partial charge in [-0.05, 0) is 30.4 Å². The van der Waals surface area contributed by atoms with Gasteiger partial charge in [-0.25, -0.2) is 28.4 Å². The van der Waals surface area contributed by atoms with Crippen LogP contribution >= 0.6 is 0 Å². The van der Waals surface area contributed by atoms with Gasteiger partial charge in [0.05, 0.1) is 18.0 Å². The van der Waals surface area contributed by atoms with E-state index in [0.29, 0.717) is 31.0 Å². The lowest BCUT2D eigenvalue weighted by Crippen LogP contribution is -2.63. The van der Waals surface area contributed by atoms with Crippen LogP contribution in [-0.2, 0) is 17.5 Å². The Morgan fingerprint density at radius 3 is 2.60 bits per heavy atom. The van der Waals surface area contributed by atoms with Gasteiger partial charge in [-0.3, -0.25) is 9.69 Å². The lowest BCUT2D eigenvalue weighted by Gasteiger charge is -2.60. The fraction of sp³-hybridized carbons (Fsp3) is 0.500. The van der Waals surface area contributed by atoms with Gasteiger partial charge < -0.3 is 4.90 Å². The summed E-state index contributed by atoms with van der Waals surface area (Å²) in [5.74, 6) is 0.636. The molecule has 1 spiro atoms. The third kappa shape index (κ3) is 3.50. The van der Waals surface area contributed by atoms with Gasteiger partial charge in [-0.1, -0.05) is 0 Å². The van der Waals surface area contributed by atoms with Crippen molar-refractivity contribution in [3.63, 3.8) is 0 Å². The predicted molar refractivity (Wildman–Crippen MR) is 114 cm³/mol. The van der Waals surface area contributed by atoms with Crippen molar-refractivity contribution in [1.29, 1.82) is 0 Å². The first-order valence-electron chi connectivity index (χ1n) is 11.2. The highest BCUT2D eigenvalue weighted by Gasteiger charge is 2.63. The molecule has 4 fully saturated rings. The average Bonchev–Trinajstić information content (AvgIpc) is 3.40. The number of carbonyl (C=O) groups is 1. The fourth-order valence-corrected chi connectivity index (χ4v) is 5.86. The van der Waals surface area contributed by atoms with Crippen molar-refractivity contribution in [2.24, 2.45) is 17.3 Å². The van der Waals surface area contributed by atoms with Crippen molar-refractivity contribution >= 4 is 28.7 Å². The molecule has 1 saturated carbocycles. The second-order valence-corrected chi connectivity index (χ2v) is 9.48. The summed E-state index contributed by atoms with van der Waals surface area (Å²) in [4.78, 5) is 29.1. The fourth-order valence-electron chi connectivity index (χ4n) is 5.86. The number of rotatable bonds is 4. The van der Waals surface area contributed by atoms with Crippen molar-refractivity contribution in [3.8, 4) is 0 Å². The van der Waals surface area contributed by atoms with Gasteiger partial charge in [0.15, 0.2) is 5.65 Å². The molecule has 3 aromatic rings. The number of hydrogen-bond acceptors (Lipinski definition) is 6. The first kappa shape index (κ1) is 22.1. The maximum atomic E-state index is 13.1. The van der Waals surface area contributed by atoms with Crippen molar-refractivity contribution in [3.05, 3.63) is 36.3 Å². The first-order chi connectivity index (χ1) is 16.6. The van der Waals surface area contributed by atoms with Crippen molar-refractivity contribution in [2.75, 3.05) is 29.4 Å². The van der Waals surface area contributed by atoms with Gasteiger partial charge in [0.25, 0.3) is 6.43 Å². The summed E-state index contributed by atoms with van der Waals surface area (Å²) in [5, 5.41) is 3.94. The number of hydrogen-bond donors (Lipinski definition) is 0. The van der Waals surface area contributed by atoms with E-state index in [2.05, 4.69) is 20.1 Å². The molecule has 8 nitrogen and oxygen atoms in total. The topological polar surface area (TPSA) is 80.0 Å². The van der Waals surface area contributed by atoms with Gasteiger partial charge in [0.2, 0.25) is 5.91 Å². The predicted octanol–water partition coefficient (Wildman–Crippen LogP) is 3.38. The van der Waals surface area contributed by atoms with Gasteiger partial charge in [0, 0.05) is 37.7 Å². The molecular weight excluding hydrogens is 473 g/mol. The number of nitrogens with zero attached hydrogens (tertiary/aromatic N) is 7. The molecular formula is C22H20F5N7O. The van der Waals surface area contributed by atoms with Crippen LogP contribution in [0.5, 0.6) is 0 Å². The van der Waals surface area contributed by atoms with Crippen LogP contribution in [0.2, 0.25) is 0 Å². The van der Waals surface area contributed by atoms with E-state index in [1.807, 2.05) is 4.90 Å². The zero-order valence-corrected chi connectivity index (χ0v) is 18.3. The Morgan fingerprint density at radius 2 is 1.89 bits per heavy atom. The highest BCUT2D eigenvalue weighted by Crippen LogP contribution is 2.61. The molecule has 1 aliphatic carbocycles.